The lowest BCUT2D eigenvalue weighted by Crippen LogP contribution is -2.59. The van der Waals surface area contributed by atoms with E-state index < -0.39 is 36.0 Å². The van der Waals surface area contributed by atoms with Gasteiger partial charge < -0.3 is 30.5 Å². The van der Waals surface area contributed by atoms with Gasteiger partial charge in [-0.15, -0.1) is 0 Å². The fourth-order valence-electron chi connectivity index (χ4n) is 5.41. The zero-order valence-corrected chi connectivity index (χ0v) is 19.0. The maximum Gasteiger partial charge on any atom is 0.328 e. The monoisotopic (exact) mass is 463 g/mol. The highest BCUT2D eigenvalue weighted by Gasteiger charge is 2.44. The first-order valence-corrected chi connectivity index (χ1v) is 11.9. The van der Waals surface area contributed by atoms with Gasteiger partial charge in [0.1, 0.15) is 30.8 Å². The minimum absolute atomic E-state index is 0.0662. The van der Waals surface area contributed by atoms with Crippen molar-refractivity contribution in [2.24, 2.45) is 5.73 Å². The minimum atomic E-state index is -0.837. The summed E-state index contributed by atoms with van der Waals surface area (Å²) in [7, 11) is 0. The van der Waals surface area contributed by atoms with Crippen molar-refractivity contribution in [1.82, 2.24) is 20.0 Å². The largest absolute Gasteiger partial charge is 0.464 e. The maximum absolute atomic E-state index is 13.5. The molecule has 5 atom stereocenters. The number of nitrogens with two attached hydrogens (primary N) is 1. The predicted molar refractivity (Wildman–Crippen MR) is 115 cm³/mol. The summed E-state index contributed by atoms with van der Waals surface area (Å²) in [6.07, 6.45) is 3.43. The Labute approximate surface area is 192 Å². The standard InChI is InChI=1S/C22H33N5O6/c1-13-20(30)26-9-4-6-16(26)22(32)33-10-7-18(28)27-12-14(23)11-17(27)21(31)25-8-3-2-5-15(25)19(29)24-13/h13-17H,2-12,23H2,1H3,(H,24,29). The molecule has 4 aliphatic rings. The SMILES string of the molecule is CC1NC(=O)C2CCCCN2C(=O)C2CC(N)CN2C(=O)CCOC(=O)C2CCCN2C1=O. The van der Waals surface area contributed by atoms with E-state index in [1.165, 1.54) is 9.80 Å². The molecule has 0 radical (unpaired) electrons. The van der Waals surface area contributed by atoms with Crippen LogP contribution in [0.3, 0.4) is 0 Å². The molecule has 4 rings (SSSR count). The molecular formula is C22H33N5O6. The van der Waals surface area contributed by atoms with Gasteiger partial charge in [0.15, 0.2) is 0 Å². The van der Waals surface area contributed by atoms with Crippen molar-refractivity contribution in [3.8, 4) is 0 Å². The van der Waals surface area contributed by atoms with E-state index in [4.69, 9.17) is 10.5 Å². The number of nitrogens with zero attached hydrogens (tertiary/aromatic N) is 3. The van der Waals surface area contributed by atoms with Crippen LogP contribution in [0.4, 0.5) is 0 Å². The molecule has 0 bridgehead atoms. The van der Waals surface area contributed by atoms with Gasteiger partial charge in [-0.3, -0.25) is 19.2 Å². The average Bonchev–Trinajstić information content (AvgIpc) is 3.44. The Kier molecular flexibility index (Phi) is 6.87. The number of hydrogen-bond acceptors (Lipinski definition) is 7. The van der Waals surface area contributed by atoms with E-state index in [2.05, 4.69) is 5.32 Å². The first-order chi connectivity index (χ1) is 15.8. The topological polar surface area (TPSA) is 142 Å². The number of carbonyl (C=O) groups excluding carboxylic acids is 5. The summed E-state index contributed by atoms with van der Waals surface area (Å²) < 4.78 is 5.33. The summed E-state index contributed by atoms with van der Waals surface area (Å²) in [4.78, 5) is 69.6. The van der Waals surface area contributed by atoms with Gasteiger partial charge in [0.2, 0.25) is 23.6 Å². The van der Waals surface area contributed by atoms with E-state index in [-0.39, 0.29) is 43.3 Å². The molecule has 0 spiro atoms. The van der Waals surface area contributed by atoms with E-state index in [0.29, 0.717) is 38.8 Å². The molecule has 4 heterocycles. The number of piperidine rings is 1. The van der Waals surface area contributed by atoms with Crippen LogP contribution < -0.4 is 11.1 Å². The van der Waals surface area contributed by atoms with Crippen LogP contribution in [0, 0.1) is 0 Å². The van der Waals surface area contributed by atoms with Gasteiger partial charge in [-0.05, 0) is 45.4 Å². The first kappa shape index (κ1) is 23.5. The van der Waals surface area contributed by atoms with Crippen LogP contribution in [0.25, 0.3) is 0 Å². The second kappa shape index (κ2) is 9.66. The quantitative estimate of drug-likeness (QED) is 0.427. The molecule has 3 N–H and O–H groups in total. The minimum Gasteiger partial charge on any atom is -0.464 e. The number of cyclic esters (lactones) is 1. The van der Waals surface area contributed by atoms with Crippen LogP contribution in [0.5, 0.6) is 0 Å². The number of fused-ring (bicyclic) bond motifs is 3. The van der Waals surface area contributed by atoms with Crippen molar-refractivity contribution in [2.75, 3.05) is 26.2 Å². The van der Waals surface area contributed by atoms with Crippen molar-refractivity contribution < 1.29 is 28.7 Å². The van der Waals surface area contributed by atoms with Crippen molar-refractivity contribution in [3.63, 3.8) is 0 Å². The number of carbonyl (C=O) groups is 5. The third-order valence-electron chi connectivity index (χ3n) is 7.12. The molecule has 0 saturated carbocycles. The Hall–Kier alpha value is -2.69. The Balaban J connectivity index is 1.62. The molecule has 0 aromatic rings. The lowest BCUT2D eigenvalue weighted by atomic mass is 9.99. The lowest BCUT2D eigenvalue weighted by Gasteiger charge is -2.38. The van der Waals surface area contributed by atoms with Crippen molar-refractivity contribution in [2.45, 2.75) is 82.1 Å². The van der Waals surface area contributed by atoms with Crippen molar-refractivity contribution >= 4 is 29.6 Å². The van der Waals surface area contributed by atoms with Crippen LogP contribution >= 0.6 is 0 Å². The van der Waals surface area contributed by atoms with Crippen LogP contribution in [0.15, 0.2) is 0 Å². The summed E-state index contributed by atoms with van der Waals surface area (Å²) in [6, 6.07) is -3.35. The number of ether oxygens (including phenoxy) is 1. The first-order valence-electron chi connectivity index (χ1n) is 11.9. The molecule has 11 nitrogen and oxygen atoms in total. The van der Waals surface area contributed by atoms with Gasteiger partial charge in [0.25, 0.3) is 0 Å². The molecule has 0 aromatic carbocycles. The lowest BCUT2D eigenvalue weighted by molar-refractivity contribution is -0.156. The Bertz CT molecular complexity index is 834. The Morgan fingerprint density at radius 2 is 1.58 bits per heavy atom. The molecule has 5 unspecified atom stereocenters. The molecule has 0 aromatic heterocycles. The third kappa shape index (κ3) is 4.68. The molecule has 4 saturated heterocycles. The normalized spacial score (nSPS) is 34.5. The Morgan fingerprint density at radius 3 is 2.36 bits per heavy atom. The highest BCUT2D eigenvalue weighted by molar-refractivity contribution is 5.95. The summed E-state index contributed by atoms with van der Waals surface area (Å²) in [6.45, 7) is 2.53. The van der Waals surface area contributed by atoms with Crippen LogP contribution in [0.2, 0.25) is 0 Å². The fraction of sp³-hybridized carbons (Fsp3) is 0.773. The van der Waals surface area contributed by atoms with Gasteiger partial charge in [0, 0.05) is 25.7 Å². The van der Waals surface area contributed by atoms with E-state index in [0.717, 1.165) is 12.8 Å². The molecule has 4 fully saturated rings. The van der Waals surface area contributed by atoms with Gasteiger partial charge in [-0.2, -0.15) is 0 Å². The second-order valence-corrected chi connectivity index (χ2v) is 9.44. The number of nitrogens with one attached hydrogen (secondary N) is 1. The summed E-state index contributed by atoms with van der Waals surface area (Å²) in [5, 5.41) is 2.75. The van der Waals surface area contributed by atoms with Gasteiger partial charge in [-0.25, -0.2) is 4.79 Å². The molecule has 33 heavy (non-hydrogen) atoms. The molecule has 11 heteroatoms. The van der Waals surface area contributed by atoms with E-state index in [9.17, 15) is 24.0 Å². The number of esters is 1. The molecule has 4 aliphatic heterocycles. The average molecular weight is 464 g/mol. The molecule has 182 valence electrons. The van der Waals surface area contributed by atoms with Crippen molar-refractivity contribution in [3.05, 3.63) is 0 Å². The van der Waals surface area contributed by atoms with Crippen LogP contribution in [-0.2, 0) is 28.7 Å². The van der Waals surface area contributed by atoms with Crippen LogP contribution in [0.1, 0.15) is 51.9 Å². The fourth-order valence-corrected chi connectivity index (χ4v) is 5.41. The van der Waals surface area contributed by atoms with E-state index >= 15 is 0 Å². The predicted octanol–water partition coefficient (Wildman–Crippen LogP) is -1.26. The zero-order chi connectivity index (χ0) is 23.7. The van der Waals surface area contributed by atoms with E-state index in [1.54, 1.807) is 11.8 Å². The molecular weight excluding hydrogens is 430 g/mol. The Morgan fingerprint density at radius 1 is 0.879 bits per heavy atom. The molecule has 4 amide bonds. The smallest absolute Gasteiger partial charge is 0.328 e. The van der Waals surface area contributed by atoms with Gasteiger partial charge in [0.05, 0.1) is 6.42 Å². The summed E-state index contributed by atoms with van der Waals surface area (Å²) in [5.41, 5.74) is 6.09. The third-order valence-corrected chi connectivity index (χ3v) is 7.12. The summed E-state index contributed by atoms with van der Waals surface area (Å²) >= 11 is 0. The second-order valence-electron chi connectivity index (χ2n) is 9.44. The van der Waals surface area contributed by atoms with Gasteiger partial charge in [-0.1, -0.05) is 0 Å². The maximum atomic E-state index is 13.5. The highest BCUT2D eigenvalue weighted by Crippen LogP contribution is 2.26. The van der Waals surface area contributed by atoms with Gasteiger partial charge >= 0.3 is 5.97 Å². The number of amides is 4. The van der Waals surface area contributed by atoms with Crippen LogP contribution in [-0.4, -0.2) is 101 Å². The highest BCUT2D eigenvalue weighted by atomic mass is 16.5. The summed E-state index contributed by atoms with van der Waals surface area (Å²) in [5.74, 6) is -1.91. The van der Waals surface area contributed by atoms with E-state index in [1.807, 2.05) is 0 Å². The zero-order valence-electron chi connectivity index (χ0n) is 19.0. The van der Waals surface area contributed by atoms with Crippen molar-refractivity contribution in [1.29, 1.82) is 0 Å². The number of hydrogen-bond donors (Lipinski definition) is 2. The number of rotatable bonds is 0. The molecule has 0 aliphatic carbocycles.